The van der Waals surface area contributed by atoms with Crippen molar-refractivity contribution in [3.8, 4) is 0 Å². The summed E-state index contributed by atoms with van der Waals surface area (Å²) in [6.07, 6.45) is 5.70. The van der Waals surface area contributed by atoms with Crippen LogP contribution in [0.15, 0.2) is 18.7 Å². The fourth-order valence-corrected chi connectivity index (χ4v) is 1.18. The maximum absolute atomic E-state index is 4.34. The molecule has 0 spiro atoms. The molecule has 1 aromatic heterocycles. The van der Waals surface area contributed by atoms with Crippen LogP contribution in [0.4, 0.5) is 0 Å². The van der Waals surface area contributed by atoms with E-state index in [1.165, 1.54) is 0 Å². The molecule has 2 nitrogen and oxygen atoms in total. The molecule has 0 aromatic carbocycles. The Bertz CT molecular complexity index is 319. The van der Waals surface area contributed by atoms with Gasteiger partial charge in [-0.05, 0) is 19.9 Å². The number of imidazole rings is 1. The minimum atomic E-state index is 1.04. The van der Waals surface area contributed by atoms with E-state index in [0.29, 0.717) is 0 Å². The summed E-state index contributed by atoms with van der Waals surface area (Å²) in [7, 11) is 2.01. The highest BCUT2D eigenvalue weighted by Crippen LogP contribution is 2.10. The van der Waals surface area contributed by atoms with E-state index in [9.17, 15) is 0 Å². The minimum Gasteiger partial charge on any atom is -0.332 e. The third-order valence-electron chi connectivity index (χ3n) is 1.94. The van der Waals surface area contributed by atoms with E-state index in [0.717, 1.165) is 17.2 Å². The lowest BCUT2D eigenvalue weighted by Crippen LogP contribution is -1.93. The molecular formula is C12H20N2. The van der Waals surface area contributed by atoms with Crippen molar-refractivity contribution < 1.29 is 0 Å². The van der Waals surface area contributed by atoms with Gasteiger partial charge in [0.2, 0.25) is 0 Å². The first-order chi connectivity index (χ1) is 6.66. The van der Waals surface area contributed by atoms with Gasteiger partial charge in [-0.2, -0.15) is 0 Å². The van der Waals surface area contributed by atoms with Gasteiger partial charge in [0.15, 0.2) is 0 Å². The highest BCUT2D eigenvalue weighted by molar-refractivity contribution is 5.50. The molecule has 0 amide bonds. The smallest absolute Gasteiger partial charge is 0.106 e. The van der Waals surface area contributed by atoms with Gasteiger partial charge in [-0.1, -0.05) is 32.6 Å². The van der Waals surface area contributed by atoms with Crippen molar-refractivity contribution in [1.82, 2.24) is 9.55 Å². The zero-order valence-electron chi connectivity index (χ0n) is 9.83. The molecule has 0 aliphatic rings. The zero-order valence-corrected chi connectivity index (χ0v) is 9.83. The molecule has 0 unspecified atom stereocenters. The monoisotopic (exact) mass is 192 g/mol. The third kappa shape index (κ3) is 2.87. The van der Waals surface area contributed by atoms with Crippen LogP contribution in [0.5, 0.6) is 0 Å². The van der Waals surface area contributed by atoms with Crippen LogP contribution in [0.25, 0.3) is 6.08 Å². The summed E-state index contributed by atoms with van der Waals surface area (Å²) < 4.78 is 2.06. The number of aromatic nitrogens is 2. The predicted molar refractivity (Wildman–Crippen MR) is 63.3 cm³/mol. The number of hydrogen-bond acceptors (Lipinski definition) is 1. The van der Waals surface area contributed by atoms with Gasteiger partial charge in [0.1, 0.15) is 5.82 Å². The molecule has 1 heterocycles. The molecule has 0 saturated carbocycles. The van der Waals surface area contributed by atoms with Crippen molar-refractivity contribution >= 4 is 6.08 Å². The Morgan fingerprint density at radius 2 is 1.86 bits per heavy atom. The lowest BCUT2D eigenvalue weighted by molar-refractivity contribution is 0.849. The van der Waals surface area contributed by atoms with Crippen LogP contribution in [0.2, 0.25) is 0 Å². The van der Waals surface area contributed by atoms with Crippen molar-refractivity contribution in [3.05, 3.63) is 35.9 Å². The van der Waals surface area contributed by atoms with E-state index in [2.05, 4.69) is 16.1 Å². The largest absolute Gasteiger partial charge is 0.332 e. The quantitative estimate of drug-likeness (QED) is 0.658. The third-order valence-corrected chi connectivity index (χ3v) is 1.94. The van der Waals surface area contributed by atoms with Crippen LogP contribution >= 0.6 is 0 Å². The highest BCUT2D eigenvalue weighted by atomic mass is 15.1. The molecule has 0 bridgehead atoms. The van der Waals surface area contributed by atoms with Crippen molar-refractivity contribution in [3.63, 3.8) is 0 Å². The van der Waals surface area contributed by atoms with E-state index >= 15 is 0 Å². The van der Waals surface area contributed by atoms with Gasteiger partial charge in [-0.15, -0.1) is 0 Å². The second kappa shape index (κ2) is 6.19. The SMILES string of the molecule is C=C/C=C\c1c(C)nc(C)n1C.CC. The van der Waals surface area contributed by atoms with E-state index in [4.69, 9.17) is 0 Å². The lowest BCUT2D eigenvalue weighted by atomic mass is 10.3. The lowest BCUT2D eigenvalue weighted by Gasteiger charge is -1.97. The molecule has 0 aliphatic heterocycles. The number of aryl methyl sites for hydroxylation is 2. The van der Waals surface area contributed by atoms with Crippen LogP contribution in [-0.4, -0.2) is 9.55 Å². The first-order valence-corrected chi connectivity index (χ1v) is 4.96. The zero-order chi connectivity index (χ0) is 11.1. The molecule has 2 heteroatoms. The molecule has 0 aliphatic carbocycles. The number of allylic oxidation sites excluding steroid dienone is 2. The molecule has 0 radical (unpaired) electrons. The van der Waals surface area contributed by atoms with Gasteiger partial charge in [0.25, 0.3) is 0 Å². The van der Waals surface area contributed by atoms with E-state index < -0.39 is 0 Å². The van der Waals surface area contributed by atoms with Gasteiger partial charge in [-0.25, -0.2) is 4.98 Å². The number of rotatable bonds is 2. The fraction of sp³-hybridized carbons (Fsp3) is 0.417. The Hall–Kier alpha value is -1.31. The van der Waals surface area contributed by atoms with Crippen LogP contribution in [0.1, 0.15) is 31.1 Å². The standard InChI is InChI=1S/C10H14N2.C2H6/c1-5-6-7-10-8(2)11-9(3)12(10)4;1-2/h5-7H,1H2,2-4H3;1-2H3/b7-6-;. The molecule has 0 N–H and O–H groups in total. The maximum atomic E-state index is 4.34. The van der Waals surface area contributed by atoms with E-state index in [-0.39, 0.29) is 0 Å². The molecule has 78 valence electrons. The summed E-state index contributed by atoms with van der Waals surface area (Å²) in [6.45, 7) is 11.6. The second-order valence-corrected chi connectivity index (χ2v) is 2.78. The molecule has 0 atom stereocenters. The molecule has 14 heavy (non-hydrogen) atoms. The minimum absolute atomic E-state index is 1.04. The Morgan fingerprint density at radius 1 is 1.29 bits per heavy atom. The normalized spacial score (nSPS) is 9.79. The van der Waals surface area contributed by atoms with Gasteiger partial charge in [0.05, 0.1) is 11.4 Å². The molecule has 1 rings (SSSR count). The summed E-state index contributed by atoms with van der Waals surface area (Å²) in [6, 6.07) is 0. The van der Waals surface area contributed by atoms with Crippen molar-refractivity contribution in [2.45, 2.75) is 27.7 Å². The van der Waals surface area contributed by atoms with Crippen LogP contribution < -0.4 is 0 Å². The van der Waals surface area contributed by atoms with Crippen molar-refractivity contribution in [1.29, 1.82) is 0 Å². The topological polar surface area (TPSA) is 17.8 Å². The van der Waals surface area contributed by atoms with Crippen LogP contribution in [0.3, 0.4) is 0 Å². The van der Waals surface area contributed by atoms with E-state index in [1.54, 1.807) is 6.08 Å². The van der Waals surface area contributed by atoms with Crippen LogP contribution in [-0.2, 0) is 7.05 Å². The van der Waals surface area contributed by atoms with E-state index in [1.807, 2.05) is 46.9 Å². The van der Waals surface area contributed by atoms with Gasteiger partial charge < -0.3 is 4.57 Å². The van der Waals surface area contributed by atoms with Gasteiger partial charge in [-0.3, -0.25) is 0 Å². The molecule has 1 aromatic rings. The summed E-state index contributed by atoms with van der Waals surface area (Å²) in [5.41, 5.74) is 2.21. The van der Waals surface area contributed by atoms with Gasteiger partial charge in [0, 0.05) is 7.05 Å². The molecule has 0 saturated heterocycles. The summed E-state index contributed by atoms with van der Waals surface area (Å²) in [4.78, 5) is 4.34. The van der Waals surface area contributed by atoms with Crippen LogP contribution in [0, 0.1) is 13.8 Å². The average Bonchev–Trinajstić information content (AvgIpc) is 2.43. The van der Waals surface area contributed by atoms with Crippen molar-refractivity contribution in [2.75, 3.05) is 0 Å². The highest BCUT2D eigenvalue weighted by Gasteiger charge is 2.03. The average molecular weight is 192 g/mol. The Morgan fingerprint density at radius 3 is 2.21 bits per heavy atom. The second-order valence-electron chi connectivity index (χ2n) is 2.78. The number of nitrogens with zero attached hydrogens (tertiary/aromatic N) is 2. The summed E-state index contributed by atoms with van der Waals surface area (Å²) in [5, 5.41) is 0. The fourth-order valence-electron chi connectivity index (χ4n) is 1.18. The summed E-state index contributed by atoms with van der Waals surface area (Å²) in [5.74, 6) is 1.04. The Kier molecular flexibility index (Phi) is 5.61. The Balaban J connectivity index is 0.000000791. The predicted octanol–water partition coefficient (Wildman–Crippen LogP) is 3.26. The Labute approximate surface area is 87.0 Å². The molecular weight excluding hydrogens is 172 g/mol. The maximum Gasteiger partial charge on any atom is 0.106 e. The van der Waals surface area contributed by atoms with Gasteiger partial charge >= 0.3 is 0 Å². The number of hydrogen-bond donors (Lipinski definition) is 0. The summed E-state index contributed by atoms with van der Waals surface area (Å²) >= 11 is 0. The molecule has 0 fully saturated rings. The first-order valence-electron chi connectivity index (χ1n) is 4.96. The first kappa shape index (κ1) is 12.7. The van der Waals surface area contributed by atoms with Crippen molar-refractivity contribution in [2.24, 2.45) is 7.05 Å².